The largest absolute Gasteiger partial charge is 0.444 e. The van der Waals surface area contributed by atoms with E-state index >= 15 is 0 Å². The molecule has 26 heavy (non-hydrogen) atoms. The van der Waals surface area contributed by atoms with Crippen molar-refractivity contribution in [3.8, 4) is 0 Å². The molecule has 0 bridgehead atoms. The summed E-state index contributed by atoms with van der Waals surface area (Å²) in [6.45, 7) is 6.85. The number of amides is 2. The number of benzene rings is 2. The van der Waals surface area contributed by atoms with Crippen LogP contribution >= 0.6 is 0 Å². The maximum atomic E-state index is 12.6. The number of nitrogens with zero attached hydrogens (tertiary/aromatic N) is 1. The Hall–Kier alpha value is -2.82. The van der Waals surface area contributed by atoms with Crippen LogP contribution in [0.1, 0.15) is 47.8 Å². The van der Waals surface area contributed by atoms with Gasteiger partial charge in [-0.25, -0.2) is 4.79 Å². The van der Waals surface area contributed by atoms with Gasteiger partial charge in [0.25, 0.3) is 5.91 Å². The smallest absolute Gasteiger partial charge is 0.410 e. The lowest BCUT2D eigenvalue weighted by molar-refractivity contribution is 0.0241. The third-order valence-corrected chi connectivity index (χ3v) is 4.18. The lowest BCUT2D eigenvalue weighted by atomic mass is 10.0. The van der Waals surface area contributed by atoms with E-state index in [9.17, 15) is 9.59 Å². The van der Waals surface area contributed by atoms with Gasteiger partial charge in [-0.05, 0) is 43.5 Å². The van der Waals surface area contributed by atoms with Crippen LogP contribution in [0.25, 0.3) is 0 Å². The summed E-state index contributed by atoms with van der Waals surface area (Å²) in [7, 11) is 0. The van der Waals surface area contributed by atoms with E-state index in [2.05, 4.69) is 5.32 Å². The Balaban J connectivity index is 1.70. The highest BCUT2D eigenvalue weighted by Gasteiger charge is 2.30. The highest BCUT2D eigenvalue weighted by Crippen LogP contribution is 2.27. The first kappa shape index (κ1) is 18.0. The minimum absolute atomic E-state index is 0.128. The molecule has 1 aliphatic heterocycles. The SMILES string of the molecule is CC(C)(C)OC(=O)N1Cc2cccc(C(=O)NCc3ccccc3)c2C1. The van der Waals surface area contributed by atoms with Gasteiger partial charge in [0.2, 0.25) is 0 Å². The number of ether oxygens (including phenoxy) is 1. The Labute approximate surface area is 154 Å². The van der Waals surface area contributed by atoms with Gasteiger partial charge in [-0.15, -0.1) is 0 Å². The lowest BCUT2D eigenvalue weighted by Crippen LogP contribution is -2.33. The summed E-state index contributed by atoms with van der Waals surface area (Å²) >= 11 is 0. The maximum Gasteiger partial charge on any atom is 0.410 e. The van der Waals surface area contributed by atoms with Crippen LogP contribution in [-0.2, 0) is 24.4 Å². The Bertz CT molecular complexity index is 810. The van der Waals surface area contributed by atoms with Crippen LogP contribution in [0.3, 0.4) is 0 Å². The molecular formula is C21H24N2O3. The molecule has 0 aromatic heterocycles. The fourth-order valence-electron chi connectivity index (χ4n) is 2.96. The second-order valence-corrected chi connectivity index (χ2v) is 7.45. The summed E-state index contributed by atoms with van der Waals surface area (Å²) in [5, 5.41) is 2.95. The minimum atomic E-state index is -0.540. The predicted molar refractivity (Wildman–Crippen MR) is 99.5 cm³/mol. The summed E-state index contributed by atoms with van der Waals surface area (Å²) in [5.41, 5.74) is 3.00. The Morgan fingerprint density at radius 3 is 2.46 bits per heavy atom. The van der Waals surface area contributed by atoms with Crippen molar-refractivity contribution in [2.24, 2.45) is 0 Å². The Morgan fingerprint density at radius 2 is 1.77 bits per heavy atom. The van der Waals surface area contributed by atoms with Crippen molar-refractivity contribution < 1.29 is 14.3 Å². The van der Waals surface area contributed by atoms with Crippen molar-refractivity contribution in [1.29, 1.82) is 0 Å². The van der Waals surface area contributed by atoms with Crippen molar-refractivity contribution in [2.45, 2.75) is 46.0 Å². The molecule has 1 N–H and O–H groups in total. The molecule has 0 fully saturated rings. The summed E-state index contributed by atoms with van der Waals surface area (Å²) in [6, 6.07) is 15.4. The van der Waals surface area contributed by atoms with Gasteiger partial charge >= 0.3 is 6.09 Å². The first-order valence-electron chi connectivity index (χ1n) is 8.74. The van der Waals surface area contributed by atoms with Gasteiger partial charge in [-0.1, -0.05) is 42.5 Å². The molecule has 136 valence electrons. The summed E-state index contributed by atoms with van der Waals surface area (Å²) in [4.78, 5) is 26.6. The number of rotatable bonds is 3. The summed E-state index contributed by atoms with van der Waals surface area (Å²) < 4.78 is 5.44. The van der Waals surface area contributed by atoms with E-state index in [4.69, 9.17) is 4.74 Å². The quantitative estimate of drug-likeness (QED) is 0.912. The van der Waals surface area contributed by atoms with Crippen LogP contribution in [0.2, 0.25) is 0 Å². The van der Waals surface area contributed by atoms with Gasteiger partial charge < -0.3 is 10.1 Å². The normalized spacial score (nSPS) is 13.3. The van der Waals surface area contributed by atoms with E-state index in [0.717, 1.165) is 16.7 Å². The number of carbonyl (C=O) groups is 2. The molecule has 0 spiro atoms. The fraction of sp³-hybridized carbons (Fsp3) is 0.333. The number of hydrogen-bond donors (Lipinski definition) is 1. The van der Waals surface area contributed by atoms with E-state index in [1.165, 1.54) is 0 Å². The lowest BCUT2D eigenvalue weighted by Gasteiger charge is -2.24. The van der Waals surface area contributed by atoms with Crippen LogP contribution in [0, 0.1) is 0 Å². The van der Waals surface area contributed by atoms with Gasteiger partial charge in [0.15, 0.2) is 0 Å². The highest BCUT2D eigenvalue weighted by atomic mass is 16.6. The second kappa shape index (κ2) is 7.20. The summed E-state index contributed by atoms with van der Waals surface area (Å²) in [6.07, 6.45) is -0.357. The summed E-state index contributed by atoms with van der Waals surface area (Å²) in [5.74, 6) is -0.128. The molecule has 0 saturated heterocycles. The van der Waals surface area contributed by atoms with Crippen LogP contribution in [0.15, 0.2) is 48.5 Å². The van der Waals surface area contributed by atoms with Crippen molar-refractivity contribution in [1.82, 2.24) is 10.2 Å². The topological polar surface area (TPSA) is 58.6 Å². The van der Waals surface area contributed by atoms with E-state index in [1.54, 1.807) is 11.0 Å². The molecule has 1 heterocycles. The molecule has 3 rings (SSSR count). The third kappa shape index (κ3) is 4.23. The zero-order valence-electron chi connectivity index (χ0n) is 15.4. The minimum Gasteiger partial charge on any atom is -0.444 e. The molecule has 2 aromatic carbocycles. The van der Waals surface area contributed by atoms with E-state index in [1.807, 2.05) is 63.2 Å². The first-order chi connectivity index (χ1) is 12.3. The monoisotopic (exact) mass is 352 g/mol. The van der Waals surface area contributed by atoms with Crippen LogP contribution < -0.4 is 5.32 Å². The number of carbonyl (C=O) groups excluding carboxylic acids is 2. The predicted octanol–water partition coefficient (Wildman–Crippen LogP) is 3.87. The van der Waals surface area contributed by atoms with Gasteiger partial charge in [0.1, 0.15) is 5.60 Å². The first-order valence-corrected chi connectivity index (χ1v) is 8.74. The molecule has 0 saturated carbocycles. The Morgan fingerprint density at radius 1 is 1.04 bits per heavy atom. The number of fused-ring (bicyclic) bond motifs is 1. The van der Waals surface area contributed by atoms with Crippen LogP contribution in [0.5, 0.6) is 0 Å². The molecule has 0 radical (unpaired) electrons. The number of hydrogen-bond acceptors (Lipinski definition) is 3. The van der Waals surface area contributed by atoms with E-state index in [-0.39, 0.29) is 12.0 Å². The molecule has 1 aliphatic rings. The molecule has 5 nitrogen and oxygen atoms in total. The van der Waals surface area contributed by atoms with Crippen molar-refractivity contribution in [2.75, 3.05) is 0 Å². The zero-order valence-corrected chi connectivity index (χ0v) is 15.4. The van der Waals surface area contributed by atoms with Crippen LogP contribution in [0.4, 0.5) is 4.79 Å². The Kier molecular flexibility index (Phi) is 4.98. The standard InChI is InChI=1S/C21H24N2O3/c1-21(2,3)26-20(25)23-13-16-10-7-11-17(18(16)14-23)19(24)22-12-15-8-5-4-6-9-15/h4-11H,12-14H2,1-3H3,(H,22,24). The average molecular weight is 352 g/mol. The van der Waals surface area contributed by atoms with Gasteiger partial charge in [-0.3, -0.25) is 9.69 Å². The van der Waals surface area contributed by atoms with Gasteiger partial charge in [0, 0.05) is 18.7 Å². The van der Waals surface area contributed by atoms with E-state index in [0.29, 0.717) is 25.2 Å². The zero-order chi connectivity index (χ0) is 18.7. The van der Waals surface area contributed by atoms with Crippen molar-refractivity contribution in [3.63, 3.8) is 0 Å². The fourth-order valence-corrected chi connectivity index (χ4v) is 2.96. The highest BCUT2D eigenvalue weighted by molar-refractivity contribution is 5.96. The van der Waals surface area contributed by atoms with E-state index < -0.39 is 5.60 Å². The number of nitrogens with one attached hydrogen (secondary N) is 1. The molecule has 5 heteroatoms. The molecule has 0 unspecified atom stereocenters. The average Bonchev–Trinajstić information content (AvgIpc) is 3.03. The molecule has 0 atom stereocenters. The second-order valence-electron chi connectivity index (χ2n) is 7.45. The van der Waals surface area contributed by atoms with Crippen molar-refractivity contribution >= 4 is 12.0 Å². The maximum absolute atomic E-state index is 12.6. The van der Waals surface area contributed by atoms with Crippen LogP contribution in [-0.4, -0.2) is 22.5 Å². The van der Waals surface area contributed by atoms with Gasteiger partial charge in [-0.2, -0.15) is 0 Å². The van der Waals surface area contributed by atoms with Gasteiger partial charge in [0.05, 0.1) is 6.54 Å². The molecular weight excluding hydrogens is 328 g/mol. The molecule has 2 amide bonds. The van der Waals surface area contributed by atoms with Crippen molar-refractivity contribution in [3.05, 3.63) is 70.8 Å². The third-order valence-electron chi connectivity index (χ3n) is 4.18. The molecule has 0 aliphatic carbocycles. The molecule has 2 aromatic rings.